The predicted octanol–water partition coefficient (Wildman–Crippen LogP) is 2.62. The summed E-state index contributed by atoms with van der Waals surface area (Å²) in [6.45, 7) is 2.07. The maximum Gasteiger partial charge on any atom is 0.319 e. The molecule has 1 aliphatic heterocycles. The van der Waals surface area contributed by atoms with Crippen molar-refractivity contribution in [3.63, 3.8) is 0 Å². The molecule has 1 aromatic carbocycles. The van der Waals surface area contributed by atoms with Gasteiger partial charge < -0.3 is 20.3 Å². The van der Waals surface area contributed by atoms with Crippen molar-refractivity contribution in [2.75, 3.05) is 31.6 Å². The number of nitrogens with one attached hydrogen (secondary N) is 2. The van der Waals surface area contributed by atoms with Crippen LogP contribution in [-0.2, 0) is 9.53 Å². The van der Waals surface area contributed by atoms with Crippen LogP contribution < -0.4 is 10.6 Å². The van der Waals surface area contributed by atoms with E-state index >= 15 is 0 Å². The summed E-state index contributed by atoms with van der Waals surface area (Å²) < 4.78 is 5.53. The Morgan fingerprint density at radius 2 is 1.92 bits per heavy atom. The summed E-state index contributed by atoms with van der Waals surface area (Å²) in [6, 6.07) is 9.14. The molecule has 1 saturated carbocycles. The van der Waals surface area contributed by atoms with Gasteiger partial charge in [-0.15, -0.1) is 0 Å². The van der Waals surface area contributed by atoms with Gasteiger partial charge in [0.15, 0.2) is 0 Å². The molecule has 1 saturated heterocycles. The van der Waals surface area contributed by atoms with Crippen molar-refractivity contribution in [3.05, 3.63) is 30.3 Å². The number of urea groups is 1. The van der Waals surface area contributed by atoms with Crippen molar-refractivity contribution in [1.29, 1.82) is 0 Å². The minimum atomic E-state index is -0.242. The van der Waals surface area contributed by atoms with Crippen LogP contribution in [0.25, 0.3) is 0 Å². The lowest BCUT2D eigenvalue weighted by Crippen LogP contribution is -2.51. The third-order valence-electron chi connectivity index (χ3n) is 4.75. The number of hydrogen-bond donors (Lipinski definition) is 2. The zero-order chi connectivity index (χ0) is 17.5. The van der Waals surface area contributed by atoms with Crippen molar-refractivity contribution in [1.82, 2.24) is 10.2 Å². The minimum Gasteiger partial charge on any atom is -0.371 e. The summed E-state index contributed by atoms with van der Waals surface area (Å²) in [5.74, 6) is 0.698. The number of nitrogens with zero attached hydrogens (tertiary/aromatic N) is 1. The Morgan fingerprint density at radius 1 is 1.12 bits per heavy atom. The molecule has 3 rings (SSSR count). The van der Waals surface area contributed by atoms with E-state index in [4.69, 9.17) is 4.74 Å². The molecule has 25 heavy (non-hydrogen) atoms. The lowest BCUT2D eigenvalue weighted by molar-refractivity contribution is -0.139. The van der Waals surface area contributed by atoms with Gasteiger partial charge in [-0.3, -0.25) is 4.79 Å². The molecular weight excluding hydrogens is 318 g/mol. The molecule has 0 spiro atoms. The molecule has 3 amide bonds. The molecule has 6 nitrogen and oxygen atoms in total. The molecule has 1 aliphatic carbocycles. The quantitative estimate of drug-likeness (QED) is 0.798. The molecule has 1 atom stereocenters. The molecule has 2 N–H and O–H groups in total. The topological polar surface area (TPSA) is 70.7 Å². The summed E-state index contributed by atoms with van der Waals surface area (Å²) in [7, 11) is 0. The molecule has 1 unspecified atom stereocenters. The number of carbonyl (C=O) groups is 2. The standard InChI is InChI=1S/C19H27N3O3/c23-18(14-25-13-15-9-10-15)22-11-5-4-8-17(22)12-20-19(24)21-16-6-2-1-3-7-16/h1-3,6-7,15,17H,4-5,8-14H2,(H2,20,21,24). The number of likely N-dealkylation sites (tertiary alicyclic amines) is 1. The van der Waals surface area contributed by atoms with Crippen LogP contribution in [0.4, 0.5) is 10.5 Å². The van der Waals surface area contributed by atoms with Gasteiger partial charge in [0, 0.05) is 24.8 Å². The van der Waals surface area contributed by atoms with E-state index in [1.807, 2.05) is 35.2 Å². The Hall–Kier alpha value is -2.08. The van der Waals surface area contributed by atoms with Crippen LogP contribution in [0.5, 0.6) is 0 Å². The number of amides is 3. The highest BCUT2D eigenvalue weighted by Crippen LogP contribution is 2.28. The number of carbonyl (C=O) groups excluding carboxylic acids is 2. The monoisotopic (exact) mass is 345 g/mol. The Balaban J connectivity index is 1.43. The number of rotatable bonds is 7. The summed E-state index contributed by atoms with van der Waals surface area (Å²) in [4.78, 5) is 26.3. The van der Waals surface area contributed by atoms with Crippen molar-refractivity contribution in [3.8, 4) is 0 Å². The van der Waals surface area contributed by atoms with E-state index in [1.54, 1.807) is 0 Å². The molecule has 2 fully saturated rings. The second-order valence-corrected chi connectivity index (χ2v) is 6.90. The highest BCUT2D eigenvalue weighted by Gasteiger charge is 2.28. The molecular formula is C19H27N3O3. The molecule has 0 aromatic heterocycles. The van der Waals surface area contributed by atoms with Crippen LogP contribution in [0.2, 0.25) is 0 Å². The summed E-state index contributed by atoms with van der Waals surface area (Å²) in [5.41, 5.74) is 0.755. The Morgan fingerprint density at radius 3 is 2.68 bits per heavy atom. The van der Waals surface area contributed by atoms with Gasteiger partial charge in [0.25, 0.3) is 0 Å². The average molecular weight is 345 g/mol. The second kappa shape index (κ2) is 8.85. The van der Waals surface area contributed by atoms with Crippen LogP contribution in [0.15, 0.2) is 30.3 Å². The fourth-order valence-electron chi connectivity index (χ4n) is 3.13. The van der Waals surface area contributed by atoms with Gasteiger partial charge >= 0.3 is 6.03 Å². The van der Waals surface area contributed by atoms with E-state index < -0.39 is 0 Å². The fraction of sp³-hybridized carbons (Fsp3) is 0.579. The van der Waals surface area contributed by atoms with E-state index in [9.17, 15) is 9.59 Å². The molecule has 0 radical (unpaired) electrons. The zero-order valence-electron chi connectivity index (χ0n) is 14.6. The highest BCUT2D eigenvalue weighted by molar-refractivity contribution is 5.89. The number of para-hydroxylation sites is 1. The first-order valence-electron chi connectivity index (χ1n) is 9.19. The van der Waals surface area contributed by atoms with Crippen LogP contribution in [0.3, 0.4) is 0 Å². The normalized spacial score (nSPS) is 20.2. The number of ether oxygens (including phenoxy) is 1. The zero-order valence-corrected chi connectivity index (χ0v) is 14.6. The van der Waals surface area contributed by atoms with Crippen LogP contribution in [0.1, 0.15) is 32.1 Å². The fourth-order valence-corrected chi connectivity index (χ4v) is 3.13. The number of piperidine rings is 1. The Bertz CT molecular complexity index is 575. The molecule has 0 bridgehead atoms. The van der Waals surface area contributed by atoms with Crippen molar-refractivity contribution in [2.45, 2.75) is 38.1 Å². The maximum atomic E-state index is 12.4. The molecule has 1 heterocycles. The summed E-state index contributed by atoms with van der Waals surface area (Å²) in [6.07, 6.45) is 5.46. The summed E-state index contributed by atoms with van der Waals surface area (Å²) in [5, 5.41) is 5.69. The van der Waals surface area contributed by atoms with Gasteiger partial charge in [0.05, 0.1) is 6.61 Å². The molecule has 1 aromatic rings. The van der Waals surface area contributed by atoms with E-state index in [-0.39, 0.29) is 24.6 Å². The third kappa shape index (κ3) is 5.74. The van der Waals surface area contributed by atoms with Gasteiger partial charge in [-0.05, 0) is 50.2 Å². The van der Waals surface area contributed by atoms with Crippen molar-refractivity contribution in [2.24, 2.45) is 5.92 Å². The predicted molar refractivity (Wildman–Crippen MR) is 96.4 cm³/mol. The van der Waals surface area contributed by atoms with E-state index in [0.717, 1.165) is 31.5 Å². The van der Waals surface area contributed by atoms with Crippen molar-refractivity contribution < 1.29 is 14.3 Å². The lowest BCUT2D eigenvalue weighted by Gasteiger charge is -2.35. The largest absolute Gasteiger partial charge is 0.371 e. The van der Waals surface area contributed by atoms with E-state index in [0.29, 0.717) is 19.1 Å². The van der Waals surface area contributed by atoms with Gasteiger partial charge in [-0.25, -0.2) is 4.79 Å². The molecule has 2 aliphatic rings. The van der Waals surface area contributed by atoms with Crippen LogP contribution in [0, 0.1) is 5.92 Å². The molecule has 6 heteroatoms. The smallest absolute Gasteiger partial charge is 0.319 e. The number of benzene rings is 1. The van der Waals surface area contributed by atoms with Gasteiger partial charge in [0.1, 0.15) is 6.61 Å². The molecule has 136 valence electrons. The van der Waals surface area contributed by atoms with E-state index in [1.165, 1.54) is 12.8 Å². The lowest BCUT2D eigenvalue weighted by atomic mass is 10.0. The highest BCUT2D eigenvalue weighted by atomic mass is 16.5. The van der Waals surface area contributed by atoms with Crippen LogP contribution >= 0.6 is 0 Å². The second-order valence-electron chi connectivity index (χ2n) is 6.90. The number of anilines is 1. The SMILES string of the molecule is O=C(NCC1CCCCN1C(=O)COCC1CC1)Nc1ccccc1. The van der Waals surface area contributed by atoms with Crippen LogP contribution in [-0.4, -0.2) is 49.2 Å². The first-order chi connectivity index (χ1) is 12.2. The number of hydrogen-bond acceptors (Lipinski definition) is 3. The first kappa shape index (κ1) is 17.7. The van der Waals surface area contributed by atoms with Gasteiger partial charge in [0.2, 0.25) is 5.91 Å². The maximum absolute atomic E-state index is 12.4. The summed E-state index contributed by atoms with van der Waals surface area (Å²) >= 11 is 0. The third-order valence-corrected chi connectivity index (χ3v) is 4.75. The minimum absolute atomic E-state index is 0.0376. The first-order valence-corrected chi connectivity index (χ1v) is 9.19. The van der Waals surface area contributed by atoms with E-state index in [2.05, 4.69) is 10.6 Å². The van der Waals surface area contributed by atoms with Crippen molar-refractivity contribution >= 4 is 17.6 Å². The van der Waals surface area contributed by atoms with Gasteiger partial charge in [-0.2, -0.15) is 0 Å². The average Bonchev–Trinajstić information content (AvgIpc) is 3.45. The Labute approximate surface area is 148 Å². The van der Waals surface area contributed by atoms with Gasteiger partial charge in [-0.1, -0.05) is 18.2 Å². The Kier molecular flexibility index (Phi) is 6.28.